The van der Waals surface area contributed by atoms with Crippen LogP contribution in [0.2, 0.25) is 0 Å². The Morgan fingerprint density at radius 1 is 1.04 bits per heavy atom. The molecule has 0 fully saturated rings. The molecule has 1 amide bonds. The number of hydrogen-bond acceptors (Lipinski definition) is 4. The number of phenols is 1. The summed E-state index contributed by atoms with van der Waals surface area (Å²) in [4.78, 5) is 28.4. The average Bonchev–Trinajstić information content (AvgIpc) is 2.69. The molecule has 2 aromatic carbocycles. The monoisotopic (exact) mass is 375 g/mol. The number of halogens is 1. The van der Waals surface area contributed by atoms with Gasteiger partial charge in [0, 0.05) is 30.0 Å². The zero-order valence-corrected chi connectivity index (χ0v) is 14.5. The minimum atomic E-state index is -0.905. The number of fused-ring (bicyclic) bond motifs is 1. The Kier molecular flexibility index (Phi) is 4.12. The van der Waals surface area contributed by atoms with Crippen molar-refractivity contribution in [3.05, 3.63) is 88.7 Å². The molecule has 6 nitrogen and oxygen atoms in total. The number of aromatic hydroxyl groups is 1. The molecule has 0 spiro atoms. The first-order valence-electron chi connectivity index (χ1n) is 8.34. The molecule has 0 radical (unpaired) electrons. The van der Waals surface area contributed by atoms with Gasteiger partial charge in [-0.05, 0) is 47.5 Å². The van der Waals surface area contributed by atoms with Crippen LogP contribution in [0.1, 0.15) is 10.4 Å². The molecule has 28 heavy (non-hydrogen) atoms. The number of rotatable bonds is 3. The lowest BCUT2D eigenvalue weighted by molar-refractivity contribution is 0.0999. The number of nitrogens with zero attached hydrogens (tertiary/aromatic N) is 2. The molecule has 0 aliphatic heterocycles. The topological polar surface area (TPSA) is 98.2 Å². The van der Waals surface area contributed by atoms with Crippen molar-refractivity contribution in [3.8, 4) is 22.6 Å². The lowest BCUT2D eigenvalue weighted by Gasteiger charge is -2.15. The lowest BCUT2D eigenvalue weighted by atomic mass is 10.0. The number of phenolic OH excluding ortho intramolecular Hbond substituents is 1. The molecule has 4 rings (SSSR count). The van der Waals surface area contributed by atoms with Gasteiger partial charge in [-0.1, -0.05) is 6.07 Å². The first kappa shape index (κ1) is 17.4. The Hall–Kier alpha value is -4.00. The van der Waals surface area contributed by atoms with Crippen LogP contribution in [-0.2, 0) is 0 Å². The summed E-state index contributed by atoms with van der Waals surface area (Å²) >= 11 is 0. The van der Waals surface area contributed by atoms with E-state index in [1.165, 1.54) is 22.9 Å². The van der Waals surface area contributed by atoms with Crippen LogP contribution in [0, 0.1) is 5.82 Å². The molecule has 0 bridgehead atoms. The normalized spacial score (nSPS) is 10.9. The van der Waals surface area contributed by atoms with Gasteiger partial charge in [-0.3, -0.25) is 14.6 Å². The maximum absolute atomic E-state index is 14.5. The zero-order chi connectivity index (χ0) is 19.8. The van der Waals surface area contributed by atoms with Gasteiger partial charge in [0.1, 0.15) is 11.3 Å². The second-order valence-corrected chi connectivity index (χ2v) is 6.21. The van der Waals surface area contributed by atoms with Gasteiger partial charge >= 0.3 is 0 Å². The number of aromatic nitrogens is 2. The van der Waals surface area contributed by atoms with Crippen molar-refractivity contribution in [2.45, 2.75) is 0 Å². The van der Waals surface area contributed by atoms with Gasteiger partial charge in [-0.2, -0.15) is 0 Å². The van der Waals surface area contributed by atoms with Crippen LogP contribution in [0.3, 0.4) is 0 Å². The van der Waals surface area contributed by atoms with E-state index in [4.69, 9.17) is 5.73 Å². The van der Waals surface area contributed by atoms with E-state index in [0.717, 1.165) is 17.2 Å². The highest BCUT2D eigenvalue weighted by Gasteiger charge is 2.17. The molecule has 2 aromatic heterocycles. The van der Waals surface area contributed by atoms with E-state index < -0.39 is 17.2 Å². The second kappa shape index (κ2) is 6.62. The number of carbonyl (C=O) groups is 1. The number of amides is 1. The van der Waals surface area contributed by atoms with Crippen molar-refractivity contribution in [3.63, 3.8) is 0 Å². The van der Waals surface area contributed by atoms with E-state index in [9.17, 15) is 19.1 Å². The Balaban J connectivity index is 2.09. The Labute approximate surface area is 158 Å². The van der Waals surface area contributed by atoms with Crippen molar-refractivity contribution in [1.82, 2.24) is 9.55 Å². The van der Waals surface area contributed by atoms with Crippen LogP contribution in [0.25, 0.3) is 27.7 Å². The molecular weight excluding hydrogens is 361 g/mol. The summed E-state index contributed by atoms with van der Waals surface area (Å²) in [5.74, 6) is -1.85. The van der Waals surface area contributed by atoms with E-state index in [1.807, 2.05) is 12.1 Å². The standard InChI is InChI=1S/C21H14FN3O3/c22-17-10-14(26)2-4-18(17)25-11-16(21(23)28)20(27)15-3-1-13(9-19(15)25)12-5-7-24-8-6-12/h1-11,26H,(H2,23,28). The molecule has 4 aromatic rings. The first-order valence-corrected chi connectivity index (χ1v) is 8.34. The molecule has 0 atom stereocenters. The number of nitrogens with two attached hydrogens (primary N) is 1. The van der Waals surface area contributed by atoms with E-state index in [0.29, 0.717) is 5.52 Å². The van der Waals surface area contributed by atoms with Crippen molar-refractivity contribution in [2.75, 3.05) is 0 Å². The molecular formula is C21H14FN3O3. The van der Waals surface area contributed by atoms with Gasteiger partial charge < -0.3 is 15.4 Å². The summed E-state index contributed by atoms with van der Waals surface area (Å²) < 4.78 is 15.9. The Morgan fingerprint density at radius 3 is 2.46 bits per heavy atom. The van der Waals surface area contributed by atoms with Crippen LogP contribution in [-0.4, -0.2) is 20.6 Å². The highest BCUT2D eigenvalue weighted by Crippen LogP contribution is 2.27. The van der Waals surface area contributed by atoms with Crippen LogP contribution in [0.5, 0.6) is 5.75 Å². The summed E-state index contributed by atoms with van der Waals surface area (Å²) in [5, 5.41) is 9.72. The smallest absolute Gasteiger partial charge is 0.254 e. The Morgan fingerprint density at radius 2 is 1.79 bits per heavy atom. The van der Waals surface area contributed by atoms with Gasteiger partial charge in [-0.15, -0.1) is 0 Å². The molecule has 0 unspecified atom stereocenters. The van der Waals surface area contributed by atoms with Gasteiger partial charge in [0.15, 0.2) is 5.82 Å². The maximum Gasteiger partial charge on any atom is 0.254 e. The van der Waals surface area contributed by atoms with Crippen LogP contribution < -0.4 is 11.2 Å². The van der Waals surface area contributed by atoms with E-state index >= 15 is 0 Å². The van der Waals surface area contributed by atoms with E-state index in [-0.39, 0.29) is 22.4 Å². The van der Waals surface area contributed by atoms with Gasteiger partial charge in [-0.25, -0.2) is 4.39 Å². The van der Waals surface area contributed by atoms with Crippen LogP contribution in [0.4, 0.5) is 4.39 Å². The fourth-order valence-electron chi connectivity index (χ4n) is 3.12. The van der Waals surface area contributed by atoms with Crippen LogP contribution in [0.15, 0.2) is 71.9 Å². The van der Waals surface area contributed by atoms with Crippen molar-refractivity contribution in [2.24, 2.45) is 5.73 Å². The van der Waals surface area contributed by atoms with Gasteiger partial charge in [0.2, 0.25) is 5.43 Å². The molecule has 0 saturated heterocycles. The molecule has 3 N–H and O–H groups in total. The van der Waals surface area contributed by atoms with Crippen molar-refractivity contribution in [1.29, 1.82) is 0 Å². The maximum atomic E-state index is 14.5. The molecule has 0 aliphatic carbocycles. The summed E-state index contributed by atoms with van der Waals surface area (Å²) in [6, 6.07) is 12.3. The summed E-state index contributed by atoms with van der Waals surface area (Å²) in [7, 11) is 0. The molecule has 0 aliphatic rings. The molecule has 7 heteroatoms. The third-order valence-electron chi connectivity index (χ3n) is 4.47. The molecule has 138 valence electrons. The highest BCUT2D eigenvalue weighted by atomic mass is 19.1. The van der Waals surface area contributed by atoms with E-state index in [2.05, 4.69) is 4.98 Å². The number of pyridine rings is 2. The summed E-state index contributed by atoms with van der Waals surface area (Å²) in [6.45, 7) is 0. The number of carbonyl (C=O) groups excluding carboxylic acids is 1. The van der Waals surface area contributed by atoms with Crippen LogP contribution >= 0.6 is 0 Å². The number of hydrogen-bond donors (Lipinski definition) is 2. The molecule has 2 heterocycles. The van der Waals surface area contributed by atoms with Crippen molar-refractivity contribution >= 4 is 16.8 Å². The summed E-state index contributed by atoms with van der Waals surface area (Å²) in [5.41, 5.74) is 6.67. The minimum absolute atomic E-state index is 0.0668. The van der Waals surface area contributed by atoms with E-state index in [1.54, 1.807) is 30.6 Å². The zero-order valence-electron chi connectivity index (χ0n) is 14.5. The third-order valence-corrected chi connectivity index (χ3v) is 4.47. The fourth-order valence-corrected chi connectivity index (χ4v) is 3.12. The quantitative estimate of drug-likeness (QED) is 0.575. The second-order valence-electron chi connectivity index (χ2n) is 6.21. The summed E-state index contributed by atoms with van der Waals surface area (Å²) in [6.07, 6.45) is 4.50. The minimum Gasteiger partial charge on any atom is -0.508 e. The van der Waals surface area contributed by atoms with Crippen molar-refractivity contribution < 1.29 is 14.3 Å². The largest absolute Gasteiger partial charge is 0.508 e. The number of primary amides is 1. The number of benzene rings is 2. The predicted molar refractivity (Wildman–Crippen MR) is 103 cm³/mol. The average molecular weight is 375 g/mol. The highest BCUT2D eigenvalue weighted by molar-refractivity contribution is 5.97. The SMILES string of the molecule is NC(=O)c1cn(-c2ccc(O)cc2F)c2cc(-c3ccncc3)ccc2c1=O. The fraction of sp³-hybridized carbons (Fsp3) is 0. The van der Waals surface area contributed by atoms with Gasteiger partial charge in [0.05, 0.1) is 11.2 Å². The molecule has 0 saturated carbocycles. The predicted octanol–water partition coefficient (Wildman–Crippen LogP) is 3.00. The van der Waals surface area contributed by atoms with Gasteiger partial charge in [0.25, 0.3) is 5.91 Å². The lowest BCUT2D eigenvalue weighted by Crippen LogP contribution is -2.24. The first-order chi connectivity index (χ1) is 13.5. The third kappa shape index (κ3) is 2.88. The Bertz CT molecular complexity index is 1280.